The Morgan fingerprint density at radius 2 is 1.17 bits per heavy atom. The van der Waals surface area contributed by atoms with Gasteiger partial charge in [0.2, 0.25) is 0 Å². The van der Waals surface area contributed by atoms with Gasteiger partial charge in [0.15, 0.2) is 0 Å². The number of rotatable bonds is 2. The smallest absolute Gasteiger partial charge is 0.0548 e. The van der Waals surface area contributed by atoms with Crippen LogP contribution in [0, 0.1) is 0 Å². The van der Waals surface area contributed by atoms with Gasteiger partial charge in [0.05, 0.1) is 22.1 Å². The van der Waals surface area contributed by atoms with E-state index in [1.54, 1.807) is 0 Å². The fourth-order valence-electron chi connectivity index (χ4n) is 4.88. The van der Waals surface area contributed by atoms with Gasteiger partial charge in [-0.25, -0.2) is 0 Å². The molecule has 6 rings (SSSR count). The molecule has 0 bridgehead atoms. The van der Waals surface area contributed by atoms with E-state index < -0.39 is 0 Å². The summed E-state index contributed by atoms with van der Waals surface area (Å²) in [4.78, 5) is 0. The zero-order valence-electron chi connectivity index (χ0n) is 17.1. The van der Waals surface area contributed by atoms with Gasteiger partial charge >= 0.3 is 0 Å². The summed E-state index contributed by atoms with van der Waals surface area (Å²) in [5.74, 6) is 0. The molecule has 0 saturated heterocycles. The lowest BCUT2D eigenvalue weighted by atomic mass is 10.1. The summed E-state index contributed by atoms with van der Waals surface area (Å²) in [5.41, 5.74) is 7.44. The van der Waals surface area contributed by atoms with E-state index in [9.17, 15) is 0 Å². The molecule has 0 atom stereocenters. The van der Waals surface area contributed by atoms with E-state index in [0.717, 1.165) is 0 Å². The third-order valence-corrected chi connectivity index (χ3v) is 6.26. The first-order chi connectivity index (χ1) is 14.8. The van der Waals surface area contributed by atoms with Crippen LogP contribution in [0.1, 0.15) is 13.8 Å². The van der Waals surface area contributed by atoms with Crippen molar-refractivity contribution in [1.82, 2.24) is 9.13 Å². The second-order valence-corrected chi connectivity index (χ2v) is 7.82. The predicted molar refractivity (Wildman–Crippen MR) is 129 cm³/mol. The normalized spacial score (nSPS) is 12.5. The van der Waals surface area contributed by atoms with Gasteiger partial charge in [0.1, 0.15) is 0 Å². The molecule has 0 aliphatic rings. The summed E-state index contributed by atoms with van der Waals surface area (Å²) in [6.45, 7) is 4.29. The number of para-hydroxylation sites is 3. The first-order valence-corrected chi connectivity index (χ1v) is 10.4. The molecule has 2 heterocycles. The van der Waals surface area contributed by atoms with Crippen molar-refractivity contribution >= 4 is 49.3 Å². The Bertz CT molecular complexity index is 1590. The molecule has 6 aromatic rings. The Morgan fingerprint density at radius 1 is 0.600 bits per heavy atom. The number of allylic oxidation sites excluding steroid dienone is 2. The quantitative estimate of drug-likeness (QED) is 0.288. The fourth-order valence-corrected chi connectivity index (χ4v) is 4.88. The zero-order valence-corrected chi connectivity index (χ0v) is 17.1. The van der Waals surface area contributed by atoms with Crippen molar-refractivity contribution in [2.24, 2.45) is 0 Å². The van der Waals surface area contributed by atoms with E-state index in [0.29, 0.717) is 0 Å². The Labute approximate surface area is 175 Å². The fraction of sp³-hybridized carbons (Fsp3) is 0.0714. The number of benzene rings is 4. The van der Waals surface area contributed by atoms with Gasteiger partial charge in [-0.05, 0) is 50.2 Å². The van der Waals surface area contributed by atoms with E-state index in [2.05, 4.69) is 120 Å². The molecule has 144 valence electrons. The van der Waals surface area contributed by atoms with Crippen molar-refractivity contribution in [3.63, 3.8) is 0 Å². The maximum Gasteiger partial charge on any atom is 0.0548 e. The van der Waals surface area contributed by atoms with E-state index >= 15 is 0 Å². The van der Waals surface area contributed by atoms with Crippen molar-refractivity contribution in [2.75, 3.05) is 0 Å². The second-order valence-electron chi connectivity index (χ2n) is 7.82. The predicted octanol–water partition coefficient (Wildman–Crippen LogP) is 7.77. The molecule has 0 saturated carbocycles. The molecule has 0 spiro atoms. The van der Waals surface area contributed by atoms with Crippen molar-refractivity contribution in [3.8, 4) is 5.69 Å². The first-order valence-electron chi connectivity index (χ1n) is 10.4. The molecule has 0 unspecified atom stereocenters. The summed E-state index contributed by atoms with van der Waals surface area (Å²) in [6.07, 6.45) is 2.18. The Hall–Kier alpha value is -3.78. The topological polar surface area (TPSA) is 9.86 Å². The van der Waals surface area contributed by atoms with Gasteiger partial charge in [0.25, 0.3) is 0 Å². The van der Waals surface area contributed by atoms with Gasteiger partial charge in [0, 0.05) is 32.9 Å². The largest absolute Gasteiger partial charge is 0.314 e. The molecular weight excluding hydrogens is 364 g/mol. The minimum Gasteiger partial charge on any atom is -0.314 e. The number of nitrogens with zero attached hydrogens (tertiary/aromatic N) is 2. The average molecular weight is 386 g/mol. The maximum absolute atomic E-state index is 2.39. The van der Waals surface area contributed by atoms with Crippen LogP contribution in [0.4, 0.5) is 0 Å². The summed E-state index contributed by atoms with van der Waals surface area (Å²) < 4.78 is 4.78. The molecular formula is C28H22N2. The van der Waals surface area contributed by atoms with Gasteiger partial charge in [-0.1, -0.05) is 60.7 Å². The van der Waals surface area contributed by atoms with Crippen LogP contribution in [0.25, 0.3) is 55.0 Å². The number of hydrogen-bond acceptors (Lipinski definition) is 0. The minimum absolute atomic E-state index is 1.19. The monoisotopic (exact) mass is 386 g/mol. The number of fused-ring (bicyclic) bond motifs is 7. The van der Waals surface area contributed by atoms with Crippen LogP contribution in [0.2, 0.25) is 0 Å². The molecule has 0 radical (unpaired) electrons. The Kier molecular flexibility index (Phi) is 3.63. The molecule has 2 aromatic heterocycles. The van der Waals surface area contributed by atoms with Crippen LogP contribution in [0.15, 0.2) is 97.1 Å². The highest BCUT2D eigenvalue weighted by atomic mass is 15.0. The van der Waals surface area contributed by atoms with Crippen LogP contribution in [0.3, 0.4) is 0 Å². The maximum atomic E-state index is 2.39. The highest BCUT2D eigenvalue weighted by Gasteiger charge is 2.19. The van der Waals surface area contributed by atoms with Gasteiger partial charge in [-0.3, -0.25) is 0 Å². The summed E-state index contributed by atoms with van der Waals surface area (Å²) in [7, 11) is 0. The lowest BCUT2D eigenvalue weighted by molar-refractivity contribution is 1.18. The van der Waals surface area contributed by atoms with Crippen LogP contribution in [-0.4, -0.2) is 9.13 Å². The summed E-state index contributed by atoms with van der Waals surface area (Å²) in [6, 6.07) is 32.7. The van der Waals surface area contributed by atoms with Crippen LogP contribution in [0.5, 0.6) is 0 Å². The van der Waals surface area contributed by atoms with Gasteiger partial charge in [-0.15, -0.1) is 0 Å². The van der Waals surface area contributed by atoms with Crippen LogP contribution >= 0.6 is 0 Å². The molecule has 0 fully saturated rings. The van der Waals surface area contributed by atoms with E-state index in [4.69, 9.17) is 0 Å². The molecule has 30 heavy (non-hydrogen) atoms. The van der Waals surface area contributed by atoms with E-state index in [1.807, 2.05) is 0 Å². The highest BCUT2D eigenvalue weighted by molar-refractivity contribution is 6.29. The average Bonchev–Trinajstić information content (AvgIpc) is 3.32. The van der Waals surface area contributed by atoms with E-state index in [1.165, 1.54) is 55.0 Å². The molecule has 0 aliphatic heterocycles. The van der Waals surface area contributed by atoms with Crippen molar-refractivity contribution in [1.29, 1.82) is 0 Å². The number of hydrogen-bond donors (Lipinski definition) is 0. The molecule has 0 amide bonds. The lowest BCUT2D eigenvalue weighted by Crippen LogP contribution is -1.94. The van der Waals surface area contributed by atoms with Gasteiger partial charge < -0.3 is 9.13 Å². The second kappa shape index (κ2) is 6.36. The third kappa shape index (κ3) is 2.19. The summed E-state index contributed by atoms with van der Waals surface area (Å²) >= 11 is 0. The first kappa shape index (κ1) is 17.1. The Morgan fingerprint density at radius 3 is 1.90 bits per heavy atom. The van der Waals surface area contributed by atoms with Crippen LogP contribution in [-0.2, 0) is 0 Å². The standard InChI is InChI=1S/C28H22N2/c1-3-19(2)29-23-15-9-7-13-21(23)27-25(29)17-18-26-28(27)22-14-8-10-16-24(22)30(26)20-11-5-4-6-12-20/h3-18H,1-2H3/b19-3+. The van der Waals surface area contributed by atoms with Gasteiger partial charge in [-0.2, -0.15) is 0 Å². The van der Waals surface area contributed by atoms with Crippen molar-refractivity contribution in [3.05, 3.63) is 97.1 Å². The third-order valence-electron chi connectivity index (χ3n) is 6.26. The molecule has 0 aliphatic carbocycles. The number of aromatic nitrogens is 2. The Balaban J connectivity index is 1.91. The molecule has 0 N–H and O–H groups in total. The lowest BCUT2D eigenvalue weighted by Gasteiger charge is -2.09. The molecule has 2 heteroatoms. The highest BCUT2D eigenvalue weighted by Crippen LogP contribution is 2.41. The van der Waals surface area contributed by atoms with Crippen molar-refractivity contribution < 1.29 is 0 Å². The SMILES string of the molecule is C/C=C(\C)n1c2ccccc2c2c3c4ccccc4n(-c4ccccc4)c3ccc21. The zero-order chi connectivity index (χ0) is 20.2. The van der Waals surface area contributed by atoms with E-state index in [-0.39, 0.29) is 0 Å². The van der Waals surface area contributed by atoms with Crippen molar-refractivity contribution in [2.45, 2.75) is 13.8 Å². The minimum atomic E-state index is 1.19. The molecule has 2 nitrogen and oxygen atoms in total. The van der Waals surface area contributed by atoms with Crippen LogP contribution < -0.4 is 0 Å². The molecule has 4 aromatic carbocycles. The summed E-state index contributed by atoms with van der Waals surface area (Å²) in [5, 5.41) is 5.25.